The SMILES string of the molecule is Brc1ccc(-c2cc(-c3ccccc3)nc(-c3ccccc3)n2)cc1.C.CC1(C)OB(c2ccc(-c3nc4c(nc5ccccn54)c4ccccc34)cc2)OC1(C)C.c1ccc(-c2cc(-c3ccc(-c4ccc(-c5nc6c(nc7ccccn76)c6ccccc56)cc4)cc3)nc(-c3ccccc3)n2)cc1. The number of rotatable bonds is 10. The molecule has 506 valence electrons. The fourth-order valence-electron chi connectivity index (χ4n) is 13.3. The van der Waals surface area contributed by atoms with Crippen LogP contribution in [0.25, 0.3) is 157 Å². The van der Waals surface area contributed by atoms with Crippen LogP contribution >= 0.6 is 15.9 Å². The summed E-state index contributed by atoms with van der Waals surface area (Å²) in [7, 11) is -0.375. The van der Waals surface area contributed by atoms with E-state index < -0.39 is 0 Å². The Hall–Kier alpha value is -12.5. The molecule has 0 radical (unpaired) electrons. The molecule has 0 aliphatic carbocycles. The third-order valence-electron chi connectivity index (χ3n) is 19.5. The van der Waals surface area contributed by atoms with Crippen molar-refractivity contribution in [1.29, 1.82) is 0 Å². The third kappa shape index (κ3) is 13.3. The van der Waals surface area contributed by atoms with Crippen LogP contribution in [0.15, 0.2) is 332 Å². The largest absolute Gasteiger partial charge is 0.494 e. The number of halogens is 1. The maximum atomic E-state index is 6.21. The molecule has 9 heterocycles. The van der Waals surface area contributed by atoms with Crippen LogP contribution in [-0.2, 0) is 9.31 Å². The van der Waals surface area contributed by atoms with Gasteiger partial charge in [0.05, 0.1) is 45.4 Å². The van der Waals surface area contributed by atoms with Gasteiger partial charge in [-0.3, -0.25) is 8.80 Å². The summed E-state index contributed by atoms with van der Waals surface area (Å²) in [5, 5.41) is 4.39. The second-order valence-electron chi connectivity index (χ2n) is 26.7. The van der Waals surface area contributed by atoms with E-state index in [9.17, 15) is 0 Å². The van der Waals surface area contributed by atoms with Gasteiger partial charge in [-0.05, 0) is 92.8 Å². The summed E-state index contributed by atoms with van der Waals surface area (Å²) in [5.41, 5.74) is 21.8. The fraction of sp³-hybridized carbons (Fsp3) is 0.0769. The molecule has 0 saturated carbocycles. The van der Waals surface area contributed by atoms with Crippen molar-refractivity contribution in [2.75, 3.05) is 0 Å². The maximum Gasteiger partial charge on any atom is 0.494 e. The van der Waals surface area contributed by atoms with Gasteiger partial charge in [0.2, 0.25) is 0 Å². The first-order valence-corrected chi connectivity index (χ1v) is 35.5. The van der Waals surface area contributed by atoms with Crippen molar-refractivity contribution in [2.24, 2.45) is 0 Å². The van der Waals surface area contributed by atoms with Crippen LogP contribution in [0.3, 0.4) is 0 Å². The Morgan fingerprint density at radius 1 is 0.295 bits per heavy atom. The first-order chi connectivity index (χ1) is 50.9. The monoisotopic (exact) mass is 1420 g/mol. The minimum absolute atomic E-state index is 0. The van der Waals surface area contributed by atoms with Crippen molar-refractivity contribution in [1.82, 2.24) is 48.7 Å². The molecule has 0 bridgehead atoms. The summed E-state index contributed by atoms with van der Waals surface area (Å²) in [6.45, 7) is 8.29. The summed E-state index contributed by atoms with van der Waals surface area (Å²) >= 11 is 3.49. The van der Waals surface area contributed by atoms with E-state index in [1.54, 1.807) is 0 Å². The highest BCUT2D eigenvalue weighted by atomic mass is 79.9. The predicted molar refractivity (Wildman–Crippen MR) is 433 cm³/mol. The molecule has 0 N–H and O–H groups in total. The van der Waals surface area contributed by atoms with Gasteiger partial charge in [-0.25, -0.2) is 39.9 Å². The Balaban J connectivity index is 0.000000127. The molecular formula is C91H70BBrN10O2. The number of benzene rings is 10. The van der Waals surface area contributed by atoms with Crippen molar-refractivity contribution in [3.8, 4) is 101 Å². The summed E-state index contributed by atoms with van der Waals surface area (Å²) in [6, 6.07) is 107. The number of fused-ring (bicyclic) bond motifs is 10. The molecule has 10 aromatic carbocycles. The van der Waals surface area contributed by atoms with Crippen LogP contribution < -0.4 is 5.46 Å². The third-order valence-corrected chi connectivity index (χ3v) is 20.0. The van der Waals surface area contributed by atoms with Crippen molar-refractivity contribution >= 4 is 83.7 Å². The Morgan fingerprint density at radius 3 is 0.990 bits per heavy atom. The molecule has 8 aromatic heterocycles. The van der Waals surface area contributed by atoms with Gasteiger partial charge >= 0.3 is 7.12 Å². The molecule has 0 atom stereocenters. The first-order valence-electron chi connectivity index (χ1n) is 34.7. The van der Waals surface area contributed by atoms with E-state index in [0.717, 1.165) is 161 Å². The van der Waals surface area contributed by atoms with Gasteiger partial charge in [-0.1, -0.05) is 290 Å². The molecule has 14 heteroatoms. The highest BCUT2D eigenvalue weighted by Gasteiger charge is 2.51. The Kier molecular flexibility index (Phi) is 18.1. The number of hydrogen-bond acceptors (Lipinski definition) is 10. The number of aromatic nitrogens is 10. The standard InChI is InChI=1S/C42H27N5.C26H24BN3O2.C22H15BrN2.CH4/c1-3-11-30(12-4-1)36-27-37(44-41(43-36)33-13-5-2-6-14-33)31-22-18-28(19-23-31)29-20-24-32(25-21-29)39-34-15-7-8-16-35(34)40-42(46-39)47-26-10-9-17-38(47)45-40;1-25(2)26(3,4)32-27(31-25)18-14-12-17(13-15-18)22-19-9-5-6-10-20(19)23-24(29-22)30-16-8-7-11-21(30)28-23;23-19-13-11-17(12-14-19)21-15-20(16-7-3-1-4-8-16)24-22(25-21)18-9-5-2-6-10-18;/h1-27H;5-16H,1-4H3;1-15H;1H4. The molecule has 18 aromatic rings. The highest BCUT2D eigenvalue weighted by Crippen LogP contribution is 2.40. The van der Waals surface area contributed by atoms with E-state index in [4.69, 9.17) is 49.2 Å². The summed E-state index contributed by atoms with van der Waals surface area (Å²) in [5.74, 6) is 1.45. The van der Waals surface area contributed by atoms with Crippen LogP contribution in [0.5, 0.6) is 0 Å². The summed E-state index contributed by atoms with van der Waals surface area (Å²) in [4.78, 5) is 39.5. The lowest BCUT2D eigenvalue weighted by Gasteiger charge is -2.32. The van der Waals surface area contributed by atoms with Gasteiger partial charge in [0, 0.05) is 82.9 Å². The molecule has 1 aliphatic rings. The van der Waals surface area contributed by atoms with E-state index in [1.807, 2.05) is 162 Å². The quantitative estimate of drug-likeness (QED) is 0.122. The van der Waals surface area contributed by atoms with Crippen molar-refractivity contribution < 1.29 is 9.31 Å². The maximum absolute atomic E-state index is 6.21. The van der Waals surface area contributed by atoms with Crippen molar-refractivity contribution in [3.63, 3.8) is 0 Å². The van der Waals surface area contributed by atoms with Crippen LogP contribution in [0.1, 0.15) is 35.1 Å². The molecule has 1 fully saturated rings. The number of pyridine rings is 4. The minimum Gasteiger partial charge on any atom is -0.399 e. The molecule has 12 nitrogen and oxygen atoms in total. The smallest absolute Gasteiger partial charge is 0.399 e. The molecule has 0 unspecified atom stereocenters. The van der Waals surface area contributed by atoms with Gasteiger partial charge in [-0.2, -0.15) is 0 Å². The van der Waals surface area contributed by atoms with Gasteiger partial charge < -0.3 is 9.31 Å². The second kappa shape index (κ2) is 28.4. The minimum atomic E-state index is -0.375. The lowest BCUT2D eigenvalue weighted by atomic mass is 9.78. The van der Waals surface area contributed by atoms with Crippen LogP contribution in [0.2, 0.25) is 0 Å². The summed E-state index contributed by atoms with van der Waals surface area (Å²) < 4.78 is 17.6. The lowest BCUT2D eigenvalue weighted by molar-refractivity contribution is 0.00578. The van der Waals surface area contributed by atoms with Crippen molar-refractivity contribution in [2.45, 2.75) is 46.3 Å². The molecule has 105 heavy (non-hydrogen) atoms. The normalized spacial score (nSPS) is 13.0. The number of nitrogens with zero attached hydrogens (tertiary/aromatic N) is 10. The first kappa shape index (κ1) is 67.1. The van der Waals surface area contributed by atoms with E-state index in [2.05, 4.69) is 218 Å². The Morgan fingerprint density at radius 2 is 0.600 bits per heavy atom. The molecule has 19 rings (SSSR count). The number of hydrogen-bond donors (Lipinski definition) is 0. The zero-order valence-electron chi connectivity index (χ0n) is 57.4. The second-order valence-corrected chi connectivity index (χ2v) is 27.6. The van der Waals surface area contributed by atoms with Gasteiger partial charge in [-0.15, -0.1) is 0 Å². The van der Waals surface area contributed by atoms with Gasteiger partial charge in [0.25, 0.3) is 0 Å². The van der Waals surface area contributed by atoms with Crippen molar-refractivity contribution in [3.05, 3.63) is 332 Å². The van der Waals surface area contributed by atoms with Crippen LogP contribution in [0.4, 0.5) is 0 Å². The van der Waals surface area contributed by atoms with Gasteiger partial charge in [0.15, 0.2) is 22.9 Å². The van der Waals surface area contributed by atoms with E-state index >= 15 is 0 Å². The van der Waals surface area contributed by atoms with Crippen LogP contribution in [-0.4, -0.2) is 67.0 Å². The average molecular weight is 1430 g/mol. The molecular weight excluding hydrogens is 1360 g/mol. The lowest BCUT2D eigenvalue weighted by Crippen LogP contribution is -2.41. The highest BCUT2D eigenvalue weighted by molar-refractivity contribution is 9.10. The number of imidazole rings is 2. The van der Waals surface area contributed by atoms with E-state index in [0.29, 0.717) is 5.82 Å². The van der Waals surface area contributed by atoms with Crippen LogP contribution in [0, 0.1) is 0 Å². The zero-order chi connectivity index (χ0) is 70.3. The molecule has 0 amide bonds. The Bertz CT molecular complexity index is 6030. The Labute approximate surface area is 617 Å². The molecule has 1 aliphatic heterocycles. The van der Waals surface area contributed by atoms with E-state index in [-0.39, 0.29) is 25.7 Å². The fourth-order valence-corrected chi connectivity index (χ4v) is 13.6. The predicted octanol–water partition coefficient (Wildman–Crippen LogP) is 22.0. The van der Waals surface area contributed by atoms with E-state index in [1.165, 1.54) is 0 Å². The average Bonchev–Trinajstić information content (AvgIpc) is 1.62. The molecule has 1 saturated heterocycles. The topological polar surface area (TPSA) is 130 Å². The zero-order valence-corrected chi connectivity index (χ0v) is 59.0. The molecule has 0 spiro atoms. The summed E-state index contributed by atoms with van der Waals surface area (Å²) in [6.07, 6.45) is 4.03. The van der Waals surface area contributed by atoms with Gasteiger partial charge in [0.1, 0.15) is 22.3 Å².